The molecule has 0 amide bonds. The monoisotopic (exact) mass is 350 g/mol. The second-order valence-corrected chi connectivity index (χ2v) is 5.67. The molecule has 7 heteroatoms. The smallest absolute Gasteiger partial charge is 0.252 e. The minimum atomic E-state index is 0.175. The normalized spacial score (nSPS) is 11.1. The van der Waals surface area contributed by atoms with Crippen LogP contribution < -0.4 is 5.43 Å². The molecule has 0 radical (unpaired) electrons. The average molecular weight is 351 g/mol. The van der Waals surface area contributed by atoms with Gasteiger partial charge in [0.2, 0.25) is 11.6 Å². The van der Waals surface area contributed by atoms with Gasteiger partial charge in [-0.25, -0.2) is 10.4 Å². The third kappa shape index (κ3) is 4.04. The van der Waals surface area contributed by atoms with E-state index in [1.807, 2.05) is 6.07 Å². The number of nitrogens with zero attached hydrogens (tertiary/aromatic N) is 3. The minimum Gasteiger partial charge on any atom is -0.422 e. The summed E-state index contributed by atoms with van der Waals surface area (Å²) >= 11 is 12.1. The number of hydrogen-bond donors (Lipinski definition) is 1. The Labute approximate surface area is 144 Å². The molecule has 120 valence electrons. The first-order valence-corrected chi connectivity index (χ1v) is 8.00. The molecule has 0 fully saturated rings. The highest BCUT2D eigenvalue weighted by atomic mass is 35.5. The number of nitrogens with one attached hydrogen (secondary N) is 1. The fourth-order valence-electron chi connectivity index (χ4n) is 2.09. The third-order valence-electron chi connectivity index (χ3n) is 3.44. The molecular weight excluding hydrogens is 335 g/mol. The number of rotatable bonds is 6. The summed E-state index contributed by atoms with van der Waals surface area (Å²) in [6, 6.07) is 7.18. The van der Waals surface area contributed by atoms with Crippen LogP contribution in [-0.4, -0.2) is 11.2 Å². The first kappa shape index (κ1) is 17.3. The van der Waals surface area contributed by atoms with Crippen molar-refractivity contribution in [2.75, 3.05) is 5.43 Å². The Morgan fingerprint density at radius 3 is 2.57 bits per heavy atom. The van der Waals surface area contributed by atoms with E-state index in [1.54, 1.807) is 18.2 Å². The highest BCUT2D eigenvalue weighted by molar-refractivity contribution is 6.38. The summed E-state index contributed by atoms with van der Waals surface area (Å²) in [5.74, 6) is 0.938. The minimum absolute atomic E-state index is 0.175. The zero-order valence-corrected chi connectivity index (χ0v) is 14.3. The Bertz CT molecular complexity index is 725. The van der Waals surface area contributed by atoms with Gasteiger partial charge in [-0.3, -0.25) is 0 Å². The number of halogens is 2. The van der Waals surface area contributed by atoms with Crippen LogP contribution in [0.25, 0.3) is 0 Å². The maximum atomic E-state index is 9.16. The zero-order chi connectivity index (χ0) is 16.8. The molecule has 1 N–H and O–H groups in total. The summed E-state index contributed by atoms with van der Waals surface area (Å²) in [5, 5.41) is 14.2. The van der Waals surface area contributed by atoms with Gasteiger partial charge in [-0.05, 0) is 25.0 Å². The van der Waals surface area contributed by atoms with E-state index < -0.39 is 0 Å². The van der Waals surface area contributed by atoms with Gasteiger partial charge in [-0.15, -0.1) is 0 Å². The van der Waals surface area contributed by atoms with Crippen molar-refractivity contribution in [3.63, 3.8) is 0 Å². The third-order valence-corrected chi connectivity index (χ3v) is 4.10. The average Bonchev–Trinajstić information content (AvgIpc) is 2.94. The Kier molecular flexibility index (Phi) is 6.03. The van der Waals surface area contributed by atoms with Crippen molar-refractivity contribution in [3.05, 3.63) is 45.4 Å². The molecule has 1 heterocycles. The SMILES string of the molecule is CCC(CC)c1nc(C#N)c(N/N=C/c2c(Cl)cccc2Cl)o1. The van der Waals surface area contributed by atoms with Crippen molar-refractivity contribution < 1.29 is 4.42 Å². The van der Waals surface area contributed by atoms with Crippen LogP contribution in [0.1, 0.15) is 49.8 Å². The lowest BCUT2D eigenvalue weighted by Gasteiger charge is -2.05. The number of hydrazone groups is 1. The standard InChI is InChI=1S/C16H16Cl2N4O/c1-3-10(4-2)15-21-14(8-19)16(23-15)22-20-9-11-12(17)6-5-7-13(11)18/h5-7,9-10,22H,3-4H2,1-2H3/b20-9+. The quantitative estimate of drug-likeness (QED) is 0.573. The summed E-state index contributed by atoms with van der Waals surface area (Å²) in [6.07, 6.45) is 3.25. The van der Waals surface area contributed by atoms with E-state index in [4.69, 9.17) is 32.9 Å². The van der Waals surface area contributed by atoms with Crippen LogP contribution in [0.4, 0.5) is 5.88 Å². The second kappa shape index (κ2) is 8.00. The molecule has 1 aromatic carbocycles. The fraction of sp³-hybridized carbons (Fsp3) is 0.312. The Hall–Kier alpha value is -2.03. The van der Waals surface area contributed by atoms with Gasteiger partial charge in [0, 0.05) is 11.5 Å². The van der Waals surface area contributed by atoms with E-state index in [0.717, 1.165) is 12.8 Å². The van der Waals surface area contributed by atoms with Gasteiger partial charge >= 0.3 is 0 Å². The van der Waals surface area contributed by atoms with Crippen LogP contribution in [0.3, 0.4) is 0 Å². The molecule has 0 aliphatic rings. The number of aromatic nitrogens is 1. The summed E-state index contributed by atoms with van der Waals surface area (Å²) < 4.78 is 5.62. The van der Waals surface area contributed by atoms with Crippen molar-refractivity contribution in [1.82, 2.24) is 4.98 Å². The van der Waals surface area contributed by atoms with E-state index in [0.29, 0.717) is 21.5 Å². The Morgan fingerprint density at radius 1 is 1.35 bits per heavy atom. The molecule has 2 rings (SSSR count). The summed E-state index contributed by atoms with van der Waals surface area (Å²) in [5.41, 5.74) is 3.45. The second-order valence-electron chi connectivity index (χ2n) is 4.86. The fourth-order valence-corrected chi connectivity index (χ4v) is 2.59. The van der Waals surface area contributed by atoms with Gasteiger partial charge in [0.15, 0.2) is 0 Å². The molecular formula is C16H16Cl2N4O. The van der Waals surface area contributed by atoms with E-state index in [-0.39, 0.29) is 17.5 Å². The van der Waals surface area contributed by atoms with Gasteiger partial charge in [0.25, 0.3) is 5.88 Å². The highest BCUT2D eigenvalue weighted by Gasteiger charge is 2.18. The topological polar surface area (TPSA) is 74.2 Å². The molecule has 0 saturated heterocycles. The van der Waals surface area contributed by atoms with Crippen molar-refractivity contribution in [2.24, 2.45) is 5.10 Å². The highest BCUT2D eigenvalue weighted by Crippen LogP contribution is 2.27. The van der Waals surface area contributed by atoms with E-state index in [2.05, 4.69) is 29.4 Å². The summed E-state index contributed by atoms with van der Waals surface area (Å²) in [6.45, 7) is 4.10. The number of anilines is 1. The molecule has 0 saturated carbocycles. The van der Waals surface area contributed by atoms with Crippen LogP contribution in [0.15, 0.2) is 27.7 Å². The van der Waals surface area contributed by atoms with Crippen LogP contribution in [0.2, 0.25) is 10.0 Å². The predicted octanol–water partition coefficient (Wildman–Crippen LogP) is 5.20. The van der Waals surface area contributed by atoms with E-state index in [1.165, 1.54) is 6.21 Å². The molecule has 0 unspecified atom stereocenters. The lowest BCUT2D eigenvalue weighted by Crippen LogP contribution is -1.95. The van der Waals surface area contributed by atoms with Gasteiger partial charge < -0.3 is 4.42 Å². The molecule has 0 atom stereocenters. The molecule has 0 aliphatic heterocycles. The lowest BCUT2D eigenvalue weighted by molar-refractivity contribution is 0.439. The molecule has 5 nitrogen and oxygen atoms in total. The van der Waals surface area contributed by atoms with Crippen molar-refractivity contribution in [2.45, 2.75) is 32.6 Å². The van der Waals surface area contributed by atoms with Crippen molar-refractivity contribution >= 4 is 35.3 Å². The van der Waals surface area contributed by atoms with Crippen LogP contribution in [-0.2, 0) is 0 Å². The van der Waals surface area contributed by atoms with Crippen LogP contribution >= 0.6 is 23.2 Å². The van der Waals surface area contributed by atoms with Crippen LogP contribution in [0, 0.1) is 11.3 Å². The summed E-state index contributed by atoms with van der Waals surface area (Å²) in [7, 11) is 0. The van der Waals surface area contributed by atoms with Crippen LogP contribution in [0.5, 0.6) is 0 Å². The van der Waals surface area contributed by atoms with Gasteiger partial charge in [-0.2, -0.15) is 10.4 Å². The molecule has 2 aromatic rings. The van der Waals surface area contributed by atoms with E-state index in [9.17, 15) is 0 Å². The molecule has 0 aliphatic carbocycles. The number of oxazole rings is 1. The first-order valence-electron chi connectivity index (χ1n) is 7.24. The Morgan fingerprint density at radius 2 is 2.00 bits per heavy atom. The largest absolute Gasteiger partial charge is 0.422 e. The van der Waals surface area contributed by atoms with E-state index >= 15 is 0 Å². The molecule has 23 heavy (non-hydrogen) atoms. The van der Waals surface area contributed by atoms with Gasteiger partial charge in [0.05, 0.1) is 16.3 Å². The number of hydrogen-bond acceptors (Lipinski definition) is 5. The maximum Gasteiger partial charge on any atom is 0.252 e. The summed E-state index contributed by atoms with van der Waals surface area (Å²) in [4.78, 5) is 4.22. The molecule has 0 bridgehead atoms. The number of nitriles is 1. The van der Waals surface area contributed by atoms with Crippen molar-refractivity contribution in [3.8, 4) is 6.07 Å². The maximum absolute atomic E-state index is 9.16. The number of benzene rings is 1. The van der Waals surface area contributed by atoms with Gasteiger partial charge in [0.1, 0.15) is 6.07 Å². The van der Waals surface area contributed by atoms with Crippen molar-refractivity contribution in [1.29, 1.82) is 5.26 Å². The Balaban J connectivity index is 2.20. The lowest BCUT2D eigenvalue weighted by atomic mass is 10.0. The van der Waals surface area contributed by atoms with Gasteiger partial charge in [-0.1, -0.05) is 43.1 Å². The molecule has 1 aromatic heterocycles. The first-order chi connectivity index (χ1) is 11.1. The predicted molar refractivity (Wildman–Crippen MR) is 92.2 cm³/mol. The zero-order valence-electron chi connectivity index (χ0n) is 12.8. The molecule has 0 spiro atoms.